The first-order chi connectivity index (χ1) is 15.7. The van der Waals surface area contributed by atoms with Gasteiger partial charge in [-0.1, -0.05) is 45.0 Å². The number of carbonyl (C=O) groups excluding carboxylic acids is 1. The lowest BCUT2D eigenvalue weighted by atomic mass is 9.87. The van der Waals surface area contributed by atoms with Gasteiger partial charge in [0.25, 0.3) is 11.5 Å². The van der Waals surface area contributed by atoms with Gasteiger partial charge in [-0.25, -0.2) is 4.98 Å². The van der Waals surface area contributed by atoms with Crippen LogP contribution < -0.4 is 15.6 Å². The Morgan fingerprint density at radius 3 is 2.30 bits per heavy atom. The molecule has 0 saturated heterocycles. The average Bonchev–Trinajstić information content (AvgIpc) is 2.80. The first-order valence-electron chi connectivity index (χ1n) is 10.8. The molecule has 6 nitrogen and oxygen atoms in total. The van der Waals surface area contributed by atoms with Crippen molar-refractivity contribution in [1.82, 2.24) is 9.55 Å². The fourth-order valence-electron chi connectivity index (χ4n) is 3.58. The molecule has 1 N–H and O–H groups in total. The van der Waals surface area contributed by atoms with Gasteiger partial charge in [-0.15, -0.1) is 0 Å². The second kappa shape index (κ2) is 8.90. The van der Waals surface area contributed by atoms with Crippen LogP contribution in [-0.4, -0.2) is 22.1 Å². The van der Waals surface area contributed by atoms with Gasteiger partial charge >= 0.3 is 0 Å². The number of rotatable bonds is 5. The molecule has 0 aliphatic heterocycles. The molecule has 4 aromatic rings. The molecule has 0 bridgehead atoms. The second-order valence-electron chi connectivity index (χ2n) is 9.01. The fraction of sp³-hybridized carbons (Fsp3) is 0.222. The maximum absolute atomic E-state index is 12.6. The summed E-state index contributed by atoms with van der Waals surface area (Å²) in [4.78, 5) is 29.6. The predicted octanol–water partition coefficient (Wildman–Crippen LogP) is 4.92. The van der Waals surface area contributed by atoms with Crippen molar-refractivity contribution in [2.45, 2.75) is 26.2 Å². The molecule has 0 aliphatic rings. The predicted molar refractivity (Wildman–Crippen MR) is 132 cm³/mol. The van der Waals surface area contributed by atoms with Gasteiger partial charge < -0.3 is 10.1 Å². The van der Waals surface area contributed by atoms with E-state index in [1.54, 1.807) is 25.2 Å². The van der Waals surface area contributed by atoms with Gasteiger partial charge in [0, 0.05) is 18.3 Å². The zero-order valence-electron chi connectivity index (χ0n) is 19.3. The number of hydrogen-bond acceptors (Lipinski definition) is 4. The number of amides is 1. The maximum Gasteiger partial charge on any atom is 0.262 e. The Balaban J connectivity index is 1.41. The SMILES string of the molecule is Cn1c(-c2ccc(OCC(=O)Nc3ccc(C(C)(C)C)cc3)cc2)nc2ccccc2c1=O. The summed E-state index contributed by atoms with van der Waals surface area (Å²) in [5.74, 6) is 0.894. The van der Waals surface area contributed by atoms with Crippen molar-refractivity contribution in [2.75, 3.05) is 11.9 Å². The van der Waals surface area contributed by atoms with Crippen LogP contribution >= 0.6 is 0 Å². The highest BCUT2D eigenvalue weighted by Crippen LogP contribution is 2.24. The minimum Gasteiger partial charge on any atom is -0.484 e. The fourth-order valence-corrected chi connectivity index (χ4v) is 3.58. The molecular weight excluding hydrogens is 414 g/mol. The number of fused-ring (bicyclic) bond motifs is 1. The van der Waals surface area contributed by atoms with Gasteiger partial charge in [0.1, 0.15) is 11.6 Å². The standard InChI is InChI=1S/C27H27N3O3/c1-27(2,3)19-11-13-20(14-12-19)28-24(31)17-33-21-15-9-18(10-16-21)25-29-23-8-6-5-7-22(23)26(32)30(25)4/h5-16H,17H2,1-4H3,(H,28,31). The molecular formula is C27H27N3O3. The van der Waals surface area contributed by atoms with E-state index in [9.17, 15) is 9.59 Å². The summed E-state index contributed by atoms with van der Waals surface area (Å²) in [6.45, 7) is 6.34. The minimum absolute atomic E-state index is 0.0620. The van der Waals surface area contributed by atoms with E-state index in [1.807, 2.05) is 54.6 Å². The summed E-state index contributed by atoms with van der Waals surface area (Å²) in [5, 5.41) is 3.43. The molecule has 0 fully saturated rings. The van der Waals surface area contributed by atoms with Gasteiger partial charge in [-0.2, -0.15) is 0 Å². The Bertz CT molecular complexity index is 1350. The molecule has 168 valence electrons. The number of para-hydroxylation sites is 1. The van der Waals surface area contributed by atoms with E-state index in [0.717, 1.165) is 11.3 Å². The second-order valence-corrected chi connectivity index (χ2v) is 9.01. The molecule has 0 atom stereocenters. The smallest absolute Gasteiger partial charge is 0.262 e. The normalized spacial score (nSPS) is 11.4. The molecule has 0 radical (unpaired) electrons. The number of ether oxygens (including phenoxy) is 1. The summed E-state index contributed by atoms with van der Waals surface area (Å²) >= 11 is 0. The molecule has 0 aliphatic carbocycles. The van der Waals surface area contributed by atoms with Crippen molar-refractivity contribution in [1.29, 1.82) is 0 Å². The number of nitrogens with zero attached hydrogens (tertiary/aromatic N) is 2. The van der Waals surface area contributed by atoms with E-state index in [0.29, 0.717) is 22.5 Å². The summed E-state index contributed by atoms with van der Waals surface area (Å²) in [6, 6.07) is 22.3. The largest absolute Gasteiger partial charge is 0.484 e. The van der Waals surface area contributed by atoms with Gasteiger partial charge in [0.2, 0.25) is 0 Å². The average molecular weight is 442 g/mol. The summed E-state index contributed by atoms with van der Waals surface area (Å²) < 4.78 is 7.17. The number of aromatic nitrogens is 2. The lowest BCUT2D eigenvalue weighted by Crippen LogP contribution is -2.20. The third-order valence-corrected chi connectivity index (χ3v) is 5.50. The van der Waals surface area contributed by atoms with Crippen molar-refractivity contribution in [3.63, 3.8) is 0 Å². The van der Waals surface area contributed by atoms with Crippen LogP contribution in [-0.2, 0) is 17.3 Å². The van der Waals surface area contributed by atoms with Gasteiger partial charge in [-0.05, 0) is 59.5 Å². The van der Waals surface area contributed by atoms with Crippen molar-refractivity contribution in [2.24, 2.45) is 7.05 Å². The van der Waals surface area contributed by atoms with Crippen LogP contribution in [0.1, 0.15) is 26.3 Å². The van der Waals surface area contributed by atoms with E-state index in [1.165, 1.54) is 10.1 Å². The van der Waals surface area contributed by atoms with Gasteiger partial charge in [0.15, 0.2) is 6.61 Å². The molecule has 1 heterocycles. The molecule has 0 unspecified atom stereocenters. The highest BCUT2D eigenvalue weighted by molar-refractivity contribution is 5.91. The molecule has 0 spiro atoms. The van der Waals surface area contributed by atoms with E-state index in [2.05, 4.69) is 31.1 Å². The summed E-state index contributed by atoms with van der Waals surface area (Å²) in [6.07, 6.45) is 0. The van der Waals surface area contributed by atoms with Crippen LogP contribution in [0.25, 0.3) is 22.3 Å². The summed E-state index contributed by atoms with van der Waals surface area (Å²) in [5.41, 5.74) is 3.35. The zero-order chi connectivity index (χ0) is 23.6. The van der Waals surface area contributed by atoms with Gasteiger partial charge in [-0.3, -0.25) is 14.2 Å². The topological polar surface area (TPSA) is 73.2 Å². The molecule has 4 rings (SSSR count). The Labute approximate surface area is 192 Å². The number of nitrogens with one attached hydrogen (secondary N) is 1. The molecule has 3 aromatic carbocycles. The Hall–Kier alpha value is -3.93. The van der Waals surface area contributed by atoms with Crippen molar-refractivity contribution < 1.29 is 9.53 Å². The Kier molecular flexibility index (Phi) is 6.01. The third kappa shape index (κ3) is 4.95. The molecule has 1 amide bonds. The van der Waals surface area contributed by atoms with Crippen LogP contribution in [0.4, 0.5) is 5.69 Å². The highest BCUT2D eigenvalue weighted by atomic mass is 16.5. The molecule has 0 saturated carbocycles. The highest BCUT2D eigenvalue weighted by Gasteiger charge is 2.14. The number of hydrogen-bond donors (Lipinski definition) is 1. The quantitative estimate of drug-likeness (QED) is 0.477. The monoisotopic (exact) mass is 441 g/mol. The minimum atomic E-state index is -0.235. The number of benzene rings is 3. The first kappa shape index (κ1) is 22.3. The van der Waals surface area contributed by atoms with Crippen LogP contribution in [0.2, 0.25) is 0 Å². The Morgan fingerprint density at radius 2 is 1.64 bits per heavy atom. The van der Waals surface area contributed by atoms with Crippen LogP contribution in [0.3, 0.4) is 0 Å². The van der Waals surface area contributed by atoms with Gasteiger partial charge in [0.05, 0.1) is 10.9 Å². The molecule has 1 aromatic heterocycles. The van der Waals surface area contributed by atoms with Crippen molar-refractivity contribution in [3.05, 3.63) is 88.7 Å². The van der Waals surface area contributed by atoms with E-state index >= 15 is 0 Å². The molecule has 33 heavy (non-hydrogen) atoms. The first-order valence-corrected chi connectivity index (χ1v) is 10.8. The lowest BCUT2D eigenvalue weighted by molar-refractivity contribution is -0.118. The van der Waals surface area contributed by atoms with E-state index in [4.69, 9.17) is 4.74 Å². The maximum atomic E-state index is 12.6. The molecule has 6 heteroatoms. The van der Waals surface area contributed by atoms with Crippen LogP contribution in [0, 0.1) is 0 Å². The van der Waals surface area contributed by atoms with Crippen molar-refractivity contribution >= 4 is 22.5 Å². The zero-order valence-corrected chi connectivity index (χ0v) is 19.3. The van der Waals surface area contributed by atoms with E-state index < -0.39 is 0 Å². The van der Waals surface area contributed by atoms with Crippen molar-refractivity contribution in [3.8, 4) is 17.1 Å². The number of anilines is 1. The van der Waals surface area contributed by atoms with E-state index in [-0.39, 0.29) is 23.5 Å². The number of carbonyl (C=O) groups is 1. The lowest BCUT2D eigenvalue weighted by Gasteiger charge is -2.19. The van der Waals surface area contributed by atoms with Crippen LogP contribution in [0.5, 0.6) is 5.75 Å². The van der Waals surface area contributed by atoms with Crippen LogP contribution in [0.15, 0.2) is 77.6 Å². The third-order valence-electron chi connectivity index (χ3n) is 5.50. The summed E-state index contributed by atoms with van der Waals surface area (Å²) in [7, 11) is 1.71. The Morgan fingerprint density at radius 1 is 0.970 bits per heavy atom.